The molecule has 3 unspecified atom stereocenters. The van der Waals surface area contributed by atoms with Crippen LogP contribution in [-0.4, -0.2) is 42.8 Å². The number of nitrogens with zero attached hydrogens (tertiary/aromatic N) is 1. The van der Waals surface area contributed by atoms with Crippen LogP contribution in [0.5, 0.6) is 0 Å². The van der Waals surface area contributed by atoms with Crippen LogP contribution in [0, 0.1) is 11.8 Å². The Morgan fingerprint density at radius 3 is 2.53 bits per heavy atom. The highest BCUT2D eigenvalue weighted by Gasteiger charge is 2.41. The molecule has 1 N–H and O–H groups in total. The minimum Gasteiger partial charge on any atom is -0.382 e. The van der Waals surface area contributed by atoms with Crippen LogP contribution >= 0.6 is 0 Å². The number of rotatable bonds is 8. The lowest BCUT2D eigenvalue weighted by Crippen LogP contribution is -2.42. The second-order valence-corrected chi connectivity index (χ2v) is 5.80. The number of nitrogens with one attached hydrogen (secondary N) is 1. The van der Waals surface area contributed by atoms with Gasteiger partial charge in [-0.15, -0.1) is 0 Å². The average molecular weight is 270 g/mol. The van der Waals surface area contributed by atoms with Crippen LogP contribution in [-0.2, 0) is 9.53 Å². The van der Waals surface area contributed by atoms with Gasteiger partial charge in [-0.1, -0.05) is 34.1 Å². The van der Waals surface area contributed by atoms with Crippen LogP contribution in [0.1, 0.15) is 47.5 Å². The van der Waals surface area contributed by atoms with Gasteiger partial charge in [0.25, 0.3) is 0 Å². The summed E-state index contributed by atoms with van der Waals surface area (Å²) in [5.41, 5.74) is 0. The maximum atomic E-state index is 12.5. The number of carbonyl (C=O) groups excluding carboxylic acids is 1. The highest BCUT2D eigenvalue weighted by molar-refractivity contribution is 5.84. The van der Waals surface area contributed by atoms with Crippen molar-refractivity contribution in [1.82, 2.24) is 10.2 Å². The first-order valence-corrected chi connectivity index (χ1v) is 7.67. The molecule has 0 saturated carbocycles. The quantitative estimate of drug-likeness (QED) is 0.688. The van der Waals surface area contributed by atoms with E-state index in [9.17, 15) is 4.79 Å². The van der Waals surface area contributed by atoms with Crippen molar-refractivity contribution in [2.45, 2.75) is 59.7 Å². The highest BCUT2D eigenvalue weighted by atomic mass is 16.5. The Balaban J connectivity index is 2.61. The summed E-state index contributed by atoms with van der Waals surface area (Å²) in [5, 5.41) is 3.52. The Labute approximate surface area is 117 Å². The first-order valence-electron chi connectivity index (χ1n) is 7.67. The second-order valence-electron chi connectivity index (χ2n) is 5.80. The Bertz CT molecular complexity index is 281. The van der Waals surface area contributed by atoms with Gasteiger partial charge in [0.05, 0.1) is 12.2 Å². The molecule has 4 nitrogen and oxygen atoms in total. The van der Waals surface area contributed by atoms with Gasteiger partial charge in [0.15, 0.2) is 0 Å². The minimum atomic E-state index is -0.00973. The number of carbonyl (C=O) groups is 1. The minimum absolute atomic E-state index is 0.00973. The molecule has 1 heterocycles. The molecule has 1 rings (SSSR count). The molecule has 1 saturated heterocycles. The number of amides is 1. The van der Waals surface area contributed by atoms with E-state index in [1.807, 2.05) is 11.8 Å². The molecule has 0 spiro atoms. The molecule has 0 aliphatic carbocycles. The van der Waals surface area contributed by atoms with Gasteiger partial charge in [-0.05, 0) is 25.2 Å². The van der Waals surface area contributed by atoms with Crippen LogP contribution in [0.15, 0.2) is 0 Å². The average Bonchev–Trinajstić information content (AvgIpc) is 2.71. The largest absolute Gasteiger partial charge is 0.382 e. The summed E-state index contributed by atoms with van der Waals surface area (Å²) in [6.45, 7) is 12.9. The van der Waals surface area contributed by atoms with Crippen LogP contribution in [0.4, 0.5) is 0 Å². The maximum absolute atomic E-state index is 12.5. The van der Waals surface area contributed by atoms with E-state index in [4.69, 9.17) is 4.74 Å². The van der Waals surface area contributed by atoms with Crippen LogP contribution < -0.4 is 5.32 Å². The summed E-state index contributed by atoms with van der Waals surface area (Å²) in [6, 6.07) is -0.00973. The number of hydrogen-bond donors (Lipinski definition) is 1. The van der Waals surface area contributed by atoms with E-state index in [1.165, 1.54) is 0 Å². The fourth-order valence-corrected chi connectivity index (χ4v) is 2.59. The topological polar surface area (TPSA) is 41.6 Å². The van der Waals surface area contributed by atoms with Gasteiger partial charge in [-0.3, -0.25) is 10.1 Å². The molecule has 1 fully saturated rings. The highest BCUT2D eigenvalue weighted by Crippen LogP contribution is 2.23. The summed E-state index contributed by atoms with van der Waals surface area (Å²) < 4.78 is 5.36. The van der Waals surface area contributed by atoms with E-state index in [-0.39, 0.29) is 18.1 Å². The van der Waals surface area contributed by atoms with Gasteiger partial charge in [-0.2, -0.15) is 0 Å². The zero-order chi connectivity index (χ0) is 14.4. The lowest BCUT2D eigenvalue weighted by atomic mass is 9.99. The zero-order valence-electron chi connectivity index (χ0n) is 13.1. The lowest BCUT2D eigenvalue weighted by molar-refractivity contribution is -0.131. The van der Waals surface area contributed by atoms with Crippen molar-refractivity contribution in [2.24, 2.45) is 11.8 Å². The Kier molecular flexibility index (Phi) is 6.80. The maximum Gasteiger partial charge on any atom is 0.241 e. The Hall–Kier alpha value is -0.610. The summed E-state index contributed by atoms with van der Waals surface area (Å²) in [5.74, 6) is 1.10. The third kappa shape index (κ3) is 4.18. The molecular weight excluding hydrogens is 240 g/mol. The lowest BCUT2D eigenvalue weighted by Gasteiger charge is -2.27. The molecule has 0 aromatic carbocycles. The van der Waals surface area contributed by atoms with Crippen molar-refractivity contribution >= 4 is 5.91 Å². The molecule has 4 heteroatoms. The summed E-state index contributed by atoms with van der Waals surface area (Å²) in [6.07, 6.45) is 2.12. The molecule has 0 radical (unpaired) electrons. The van der Waals surface area contributed by atoms with Gasteiger partial charge in [-0.25, -0.2) is 0 Å². The SMILES string of the molecule is CCOCCCN1C(=O)C(C(C)CC)NC1C(C)C. The smallest absolute Gasteiger partial charge is 0.241 e. The molecule has 1 aliphatic rings. The first-order chi connectivity index (χ1) is 9.02. The zero-order valence-corrected chi connectivity index (χ0v) is 13.1. The second kappa shape index (κ2) is 7.85. The molecule has 19 heavy (non-hydrogen) atoms. The monoisotopic (exact) mass is 270 g/mol. The molecule has 1 amide bonds. The van der Waals surface area contributed by atoms with Gasteiger partial charge < -0.3 is 9.64 Å². The third-order valence-corrected chi connectivity index (χ3v) is 3.97. The molecule has 3 atom stereocenters. The van der Waals surface area contributed by atoms with Crippen molar-refractivity contribution in [3.8, 4) is 0 Å². The van der Waals surface area contributed by atoms with Crippen molar-refractivity contribution in [1.29, 1.82) is 0 Å². The number of ether oxygens (including phenoxy) is 1. The van der Waals surface area contributed by atoms with E-state index < -0.39 is 0 Å². The van der Waals surface area contributed by atoms with Crippen molar-refractivity contribution in [3.05, 3.63) is 0 Å². The van der Waals surface area contributed by atoms with Crippen LogP contribution in [0.2, 0.25) is 0 Å². The molecule has 112 valence electrons. The Morgan fingerprint density at radius 1 is 1.32 bits per heavy atom. The van der Waals surface area contributed by atoms with Gasteiger partial charge in [0, 0.05) is 19.8 Å². The number of hydrogen-bond acceptors (Lipinski definition) is 3. The summed E-state index contributed by atoms with van der Waals surface area (Å²) in [7, 11) is 0. The summed E-state index contributed by atoms with van der Waals surface area (Å²) >= 11 is 0. The molecule has 0 aromatic rings. The normalized spacial score (nSPS) is 25.4. The van der Waals surface area contributed by atoms with E-state index in [2.05, 4.69) is 33.0 Å². The van der Waals surface area contributed by atoms with Crippen LogP contribution in [0.25, 0.3) is 0 Å². The van der Waals surface area contributed by atoms with Crippen LogP contribution in [0.3, 0.4) is 0 Å². The Morgan fingerprint density at radius 2 is 2.00 bits per heavy atom. The summed E-state index contributed by atoms with van der Waals surface area (Å²) in [4.78, 5) is 14.5. The molecule has 0 bridgehead atoms. The van der Waals surface area contributed by atoms with Gasteiger partial charge in [0.1, 0.15) is 0 Å². The van der Waals surface area contributed by atoms with Gasteiger partial charge >= 0.3 is 0 Å². The first kappa shape index (κ1) is 16.4. The van der Waals surface area contributed by atoms with E-state index in [0.29, 0.717) is 11.8 Å². The van der Waals surface area contributed by atoms with E-state index >= 15 is 0 Å². The predicted octanol–water partition coefficient (Wildman–Crippen LogP) is 2.24. The molecule has 1 aliphatic heterocycles. The fraction of sp³-hybridized carbons (Fsp3) is 0.933. The van der Waals surface area contributed by atoms with Crippen molar-refractivity contribution in [3.63, 3.8) is 0 Å². The third-order valence-electron chi connectivity index (χ3n) is 3.97. The molecule has 0 aromatic heterocycles. The van der Waals surface area contributed by atoms with Crippen molar-refractivity contribution < 1.29 is 9.53 Å². The van der Waals surface area contributed by atoms with Crippen molar-refractivity contribution in [2.75, 3.05) is 19.8 Å². The van der Waals surface area contributed by atoms with E-state index in [0.717, 1.165) is 32.6 Å². The van der Waals surface area contributed by atoms with E-state index in [1.54, 1.807) is 0 Å². The van der Waals surface area contributed by atoms with Gasteiger partial charge in [0.2, 0.25) is 5.91 Å². The standard InChI is InChI=1S/C15H30N2O2/c1-6-12(5)13-15(18)17(9-8-10-19-7-2)14(16-13)11(3)4/h11-14,16H,6-10H2,1-5H3. The fourth-order valence-electron chi connectivity index (χ4n) is 2.59. The molecular formula is C15H30N2O2. The predicted molar refractivity (Wildman–Crippen MR) is 77.8 cm³/mol.